The summed E-state index contributed by atoms with van der Waals surface area (Å²) in [4.78, 5) is 35.3. The molecule has 2 aliphatic rings. The first-order valence-corrected chi connectivity index (χ1v) is 10.2. The van der Waals surface area contributed by atoms with E-state index in [1.807, 2.05) is 37.3 Å². The SMILES string of the molecule is Cc1nc(Nc2ccc(NC=C3C(=O)OC(C)(C)OC3=O)cc2)cc(N2CCCC2)n1. The van der Waals surface area contributed by atoms with Crippen LogP contribution in [-0.4, -0.2) is 40.8 Å². The Bertz CT molecular complexity index is 1000. The van der Waals surface area contributed by atoms with Gasteiger partial charge in [0, 0.05) is 50.6 Å². The summed E-state index contributed by atoms with van der Waals surface area (Å²) in [5, 5.41) is 6.22. The maximum absolute atomic E-state index is 12.0. The van der Waals surface area contributed by atoms with Gasteiger partial charge >= 0.3 is 11.9 Å². The fraction of sp³-hybridized carbons (Fsp3) is 0.364. The number of aryl methyl sites for hydroxylation is 1. The Morgan fingerprint density at radius 2 is 1.61 bits per heavy atom. The number of nitrogens with zero attached hydrogens (tertiary/aromatic N) is 3. The molecule has 2 aliphatic heterocycles. The molecule has 0 spiro atoms. The minimum absolute atomic E-state index is 0.188. The van der Waals surface area contributed by atoms with Crippen LogP contribution in [0.1, 0.15) is 32.5 Å². The van der Waals surface area contributed by atoms with Crippen LogP contribution in [0.3, 0.4) is 0 Å². The number of esters is 2. The predicted molar refractivity (Wildman–Crippen MR) is 116 cm³/mol. The van der Waals surface area contributed by atoms with E-state index in [-0.39, 0.29) is 5.57 Å². The van der Waals surface area contributed by atoms with Crippen LogP contribution in [0.25, 0.3) is 0 Å². The van der Waals surface area contributed by atoms with Gasteiger partial charge in [0.1, 0.15) is 17.5 Å². The average molecular weight is 423 g/mol. The Labute approximate surface area is 180 Å². The molecule has 0 unspecified atom stereocenters. The van der Waals surface area contributed by atoms with Crippen molar-refractivity contribution >= 4 is 34.9 Å². The fourth-order valence-electron chi connectivity index (χ4n) is 3.46. The Morgan fingerprint density at radius 1 is 1.00 bits per heavy atom. The van der Waals surface area contributed by atoms with Crippen LogP contribution < -0.4 is 15.5 Å². The van der Waals surface area contributed by atoms with E-state index in [0.29, 0.717) is 11.5 Å². The molecular formula is C22H25N5O4. The van der Waals surface area contributed by atoms with Crippen molar-refractivity contribution in [2.75, 3.05) is 28.6 Å². The number of hydrogen-bond acceptors (Lipinski definition) is 9. The number of anilines is 4. The lowest BCUT2D eigenvalue weighted by Crippen LogP contribution is -2.42. The van der Waals surface area contributed by atoms with E-state index in [1.54, 1.807) is 0 Å². The van der Waals surface area contributed by atoms with E-state index < -0.39 is 17.7 Å². The molecule has 0 saturated carbocycles. The Balaban J connectivity index is 1.42. The molecule has 3 heterocycles. The van der Waals surface area contributed by atoms with Crippen LogP contribution >= 0.6 is 0 Å². The second-order valence-electron chi connectivity index (χ2n) is 7.94. The highest BCUT2D eigenvalue weighted by Gasteiger charge is 2.38. The summed E-state index contributed by atoms with van der Waals surface area (Å²) in [5.41, 5.74) is 1.36. The number of carbonyl (C=O) groups excluding carboxylic acids is 2. The van der Waals surface area contributed by atoms with Crippen molar-refractivity contribution in [2.45, 2.75) is 39.4 Å². The van der Waals surface area contributed by atoms with Gasteiger partial charge in [0.15, 0.2) is 5.57 Å². The van der Waals surface area contributed by atoms with Crippen molar-refractivity contribution in [3.8, 4) is 0 Å². The van der Waals surface area contributed by atoms with Crippen molar-refractivity contribution in [3.63, 3.8) is 0 Å². The molecule has 1 aromatic heterocycles. The third-order valence-corrected chi connectivity index (χ3v) is 4.91. The predicted octanol–water partition coefficient (Wildman–Crippen LogP) is 3.26. The Kier molecular flexibility index (Phi) is 5.50. The van der Waals surface area contributed by atoms with Crippen molar-refractivity contribution in [2.24, 2.45) is 0 Å². The lowest BCUT2D eigenvalue weighted by molar-refractivity contribution is -0.222. The van der Waals surface area contributed by atoms with Crippen LogP contribution in [-0.2, 0) is 19.1 Å². The van der Waals surface area contributed by atoms with Gasteiger partial charge in [-0.05, 0) is 44.0 Å². The lowest BCUT2D eigenvalue weighted by atomic mass is 10.2. The number of carbonyl (C=O) groups is 2. The summed E-state index contributed by atoms with van der Waals surface area (Å²) >= 11 is 0. The molecular weight excluding hydrogens is 398 g/mol. The molecule has 0 radical (unpaired) electrons. The molecule has 2 saturated heterocycles. The maximum atomic E-state index is 12.0. The second kappa shape index (κ2) is 8.25. The van der Waals surface area contributed by atoms with E-state index in [1.165, 1.54) is 32.9 Å². The van der Waals surface area contributed by atoms with Gasteiger partial charge in [0.25, 0.3) is 5.79 Å². The summed E-state index contributed by atoms with van der Waals surface area (Å²) in [6.07, 6.45) is 3.66. The van der Waals surface area contributed by atoms with Crippen molar-refractivity contribution in [1.82, 2.24) is 9.97 Å². The summed E-state index contributed by atoms with van der Waals surface area (Å²) < 4.78 is 10.1. The number of rotatable bonds is 5. The highest BCUT2D eigenvalue weighted by atomic mass is 16.7. The fourth-order valence-corrected chi connectivity index (χ4v) is 3.46. The summed E-state index contributed by atoms with van der Waals surface area (Å²) in [6, 6.07) is 9.33. The molecule has 9 nitrogen and oxygen atoms in total. The van der Waals surface area contributed by atoms with E-state index in [0.717, 1.165) is 30.4 Å². The first-order valence-electron chi connectivity index (χ1n) is 10.2. The van der Waals surface area contributed by atoms with Crippen molar-refractivity contribution in [1.29, 1.82) is 0 Å². The number of benzene rings is 1. The van der Waals surface area contributed by atoms with Crippen LogP contribution in [0.4, 0.5) is 23.0 Å². The largest absolute Gasteiger partial charge is 0.419 e. The summed E-state index contributed by atoms with van der Waals surface area (Å²) in [6.45, 7) is 6.93. The molecule has 4 rings (SSSR count). The van der Waals surface area contributed by atoms with E-state index in [2.05, 4.69) is 25.5 Å². The average Bonchev–Trinajstić information content (AvgIpc) is 3.22. The van der Waals surface area contributed by atoms with Gasteiger partial charge in [-0.1, -0.05) is 0 Å². The minimum atomic E-state index is -1.26. The number of aromatic nitrogens is 2. The van der Waals surface area contributed by atoms with Crippen molar-refractivity contribution < 1.29 is 19.1 Å². The molecule has 31 heavy (non-hydrogen) atoms. The number of ether oxygens (including phenoxy) is 2. The molecule has 9 heteroatoms. The van der Waals surface area contributed by atoms with Crippen LogP contribution in [0, 0.1) is 6.92 Å². The molecule has 2 aromatic rings. The van der Waals surface area contributed by atoms with Gasteiger partial charge in [-0.15, -0.1) is 0 Å². The molecule has 162 valence electrons. The van der Waals surface area contributed by atoms with E-state index in [4.69, 9.17) is 9.47 Å². The third kappa shape index (κ3) is 4.93. The summed E-state index contributed by atoms with van der Waals surface area (Å²) in [7, 11) is 0. The van der Waals surface area contributed by atoms with Crippen LogP contribution in [0.15, 0.2) is 42.1 Å². The van der Waals surface area contributed by atoms with Gasteiger partial charge in [-0.25, -0.2) is 19.6 Å². The van der Waals surface area contributed by atoms with E-state index >= 15 is 0 Å². The zero-order valence-corrected chi connectivity index (χ0v) is 17.8. The van der Waals surface area contributed by atoms with Crippen LogP contribution in [0.5, 0.6) is 0 Å². The molecule has 0 bridgehead atoms. The maximum Gasteiger partial charge on any atom is 0.350 e. The topological polar surface area (TPSA) is 106 Å². The Morgan fingerprint density at radius 3 is 2.26 bits per heavy atom. The molecule has 2 N–H and O–H groups in total. The second-order valence-corrected chi connectivity index (χ2v) is 7.94. The standard InChI is InChI=1S/C22H25N5O4/c1-14-24-18(12-19(25-14)27-10-4-5-11-27)26-16-8-6-15(7-9-16)23-13-17-20(28)30-22(2,3)31-21(17)29/h6-9,12-13,23H,4-5,10-11H2,1-3H3,(H,24,25,26). The number of hydrogen-bond donors (Lipinski definition) is 2. The lowest BCUT2D eigenvalue weighted by Gasteiger charge is -2.29. The van der Waals surface area contributed by atoms with Gasteiger partial charge in [0.2, 0.25) is 0 Å². The van der Waals surface area contributed by atoms with Crippen LogP contribution in [0.2, 0.25) is 0 Å². The summed E-state index contributed by atoms with van der Waals surface area (Å²) in [5.74, 6) is -0.321. The zero-order valence-electron chi connectivity index (χ0n) is 17.8. The number of cyclic esters (lactones) is 2. The molecule has 1 aromatic carbocycles. The normalized spacial score (nSPS) is 17.8. The first-order chi connectivity index (χ1) is 14.8. The highest BCUT2D eigenvalue weighted by molar-refractivity contribution is 6.15. The quantitative estimate of drug-likeness (QED) is 0.426. The smallest absolute Gasteiger partial charge is 0.350 e. The molecule has 0 aliphatic carbocycles. The third-order valence-electron chi connectivity index (χ3n) is 4.91. The highest BCUT2D eigenvalue weighted by Crippen LogP contribution is 2.25. The monoisotopic (exact) mass is 423 g/mol. The van der Waals surface area contributed by atoms with Gasteiger partial charge in [-0.2, -0.15) is 0 Å². The Hall–Kier alpha value is -3.62. The molecule has 2 fully saturated rings. The van der Waals surface area contributed by atoms with E-state index in [9.17, 15) is 9.59 Å². The van der Waals surface area contributed by atoms with Gasteiger partial charge in [0.05, 0.1) is 0 Å². The number of nitrogens with one attached hydrogen (secondary N) is 2. The molecule has 0 amide bonds. The van der Waals surface area contributed by atoms with Gasteiger partial charge in [-0.3, -0.25) is 0 Å². The van der Waals surface area contributed by atoms with Gasteiger partial charge < -0.3 is 25.0 Å². The first kappa shape index (κ1) is 20.6. The molecule has 0 atom stereocenters. The van der Waals surface area contributed by atoms with Crippen molar-refractivity contribution in [3.05, 3.63) is 47.9 Å². The minimum Gasteiger partial charge on any atom is -0.419 e. The zero-order chi connectivity index (χ0) is 22.0.